The van der Waals surface area contributed by atoms with Crippen LogP contribution >= 0.6 is 0 Å². The van der Waals surface area contributed by atoms with Crippen molar-refractivity contribution in [1.82, 2.24) is 5.32 Å². The fourth-order valence-electron chi connectivity index (χ4n) is 1.79. The zero-order valence-corrected chi connectivity index (χ0v) is 11.0. The van der Waals surface area contributed by atoms with Gasteiger partial charge < -0.3 is 15.2 Å². The van der Waals surface area contributed by atoms with Crippen molar-refractivity contribution in [3.05, 3.63) is 28.8 Å². The standard InChI is InChI=1S/C14H23NO2/c1-4-13-10-14(9-11(2)12(13)3)17-8-6-15-5-7-16/h9-10,15-16H,4-8H2,1-3H3. The highest BCUT2D eigenvalue weighted by atomic mass is 16.5. The normalized spacial score (nSPS) is 10.6. The molecule has 0 saturated carbocycles. The first-order valence-electron chi connectivity index (χ1n) is 6.23. The van der Waals surface area contributed by atoms with Gasteiger partial charge >= 0.3 is 0 Å². The highest BCUT2D eigenvalue weighted by molar-refractivity contribution is 5.40. The monoisotopic (exact) mass is 237 g/mol. The molecule has 0 spiro atoms. The van der Waals surface area contributed by atoms with E-state index in [1.807, 2.05) is 0 Å². The maximum absolute atomic E-state index is 8.61. The molecule has 0 bridgehead atoms. The summed E-state index contributed by atoms with van der Waals surface area (Å²) in [6.45, 7) is 8.61. The molecule has 0 unspecified atom stereocenters. The van der Waals surface area contributed by atoms with E-state index < -0.39 is 0 Å². The lowest BCUT2D eigenvalue weighted by molar-refractivity contribution is 0.276. The molecule has 0 atom stereocenters. The molecule has 0 heterocycles. The maximum atomic E-state index is 8.61. The molecule has 1 rings (SSSR count). The molecule has 0 saturated heterocycles. The smallest absolute Gasteiger partial charge is 0.119 e. The lowest BCUT2D eigenvalue weighted by Gasteiger charge is -2.12. The molecule has 0 fully saturated rings. The van der Waals surface area contributed by atoms with Gasteiger partial charge in [0, 0.05) is 13.1 Å². The molecule has 0 aromatic heterocycles. The number of rotatable bonds is 7. The van der Waals surface area contributed by atoms with Crippen molar-refractivity contribution in [2.45, 2.75) is 27.2 Å². The fraction of sp³-hybridized carbons (Fsp3) is 0.571. The number of benzene rings is 1. The average molecular weight is 237 g/mol. The Hall–Kier alpha value is -1.06. The summed E-state index contributed by atoms with van der Waals surface area (Å²) in [5.41, 5.74) is 3.99. The SMILES string of the molecule is CCc1cc(OCCNCCO)cc(C)c1C. The molecule has 96 valence electrons. The van der Waals surface area contributed by atoms with Crippen molar-refractivity contribution in [2.24, 2.45) is 0 Å². The summed E-state index contributed by atoms with van der Waals surface area (Å²) in [5, 5.41) is 11.7. The van der Waals surface area contributed by atoms with Crippen LogP contribution in [0, 0.1) is 13.8 Å². The molecule has 1 aromatic rings. The van der Waals surface area contributed by atoms with Crippen LogP contribution in [0.15, 0.2) is 12.1 Å². The Morgan fingerprint density at radius 2 is 2.00 bits per heavy atom. The van der Waals surface area contributed by atoms with Crippen LogP contribution in [0.4, 0.5) is 0 Å². The van der Waals surface area contributed by atoms with E-state index >= 15 is 0 Å². The molecule has 17 heavy (non-hydrogen) atoms. The molecule has 0 aliphatic heterocycles. The Morgan fingerprint density at radius 1 is 1.24 bits per heavy atom. The Morgan fingerprint density at radius 3 is 2.65 bits per heavy atom. The van der Waals surface area contributed by atoms with Gasteiger partial charge in [-0.05, 0) is 49.1 Å². The van der Waals surface area contributed by atoms with Crippen molar-refractivity contribution in [3.63, 3.8) is 0 Å². The largest absolute Gasteiger partial charge is 0.492 e. The quantitative estimate of drug-likeness (QED) is 0.711. The van der Waals surface area contributed by atoms with E-state index in [4.69, 9.17) is 9.84 Å². The van der Waals surface area contributed by atoms with Crippen molar-refractivity contribution >= 4 is 0 Å². The first kappa shape index (κ1) is 14.0. The molecular weight excluding hydrogens is 214 g/mol. The van der Waals surface area contributed by atoms with Crippen LogP contribution < -0.4 is 10.1 Å². The molecule has 1 aromatic carbocycles. The van der Waals surface area contributed by atoms with Crippen molar-refractivity contribution in [1.29, 1.82) is 0 Å². The van der Waals surface area contributed by atoms with E-state index in [0.29, 0.717) is 13.2 Å². The predicted octanol–water partition coefficient (Wildman–Crippen LogP) is 1.83. The third-order valence-corrected chi connectivity index (χ3v) is 2.97. The van der Waals surface area contributed by atoms with Gasteiger partial charge in [0.2, 0.25) is 0 Å². The van der Waals surface area contributed by atoms with E-state index in [1.165, 1.54) is 16.7 Å². The fourth-order valence-corrected chi connectivity index (χ4v) is 1.79. The topological polar surface area (TPSA) is 41.5 Å². The third kappa shape index (κ3) is 4.36. The van der Waals surface area contributed by atoms with Crippen LogP contribution in [0.1, 0.15) is 23.6 Å². The minimum Gasteiger partial charge on any atom is -0.492 e. The first-order chi connectivity index (χ1) is 8.19. The third-order valence-electron chi connectivity index (χ3n) is 2.97. The number of hydrogen-bond acceptors (Lipinski definition) is 3. The van der Waals surface area contributed by atoms with Gasteiger partial charge in [-0.25, -0.2) is 0 Å². The van der Waals surface area contributed by atoms with Gasteiger partial charge in [0.1, 0.15) is 12.4 Å². The zero-order chi connectivity index (χ0) is 12.7. The maximum Gasteiger partial charge on any atom is 0.119 e. The van der Waals surface area contributed by atoms with E-state index in [-0.39, 0.29) is 6.61 Å². The first-order valence-corrected chi connectivity index (χ1v) is 6.23. The minimum absolute atomic E-state index is 0.170. The second kappa shape index (κ2) is 7.30. The molecular formula is C14H23NO2. The highest BCUT2D eigenvalue weighted by Gasteiger charge is 2.03. The summed E-state index contributed by atoms with van der Waals surface area (Å²) >= 11 is 0. The molecule has 0 amide bonds. The number of aliphatic hydroxyl groups excluding tert-OH is 1. The van der Waals surface area contributed by atoms with Crippen LogP contribution in [0.25, 0.3) is 0 Å². The number of hydrogen-bond donors (Lipinski definition) is 2. The second-order valence-corrected chi connectivity index (χ2v) is 4.20. The molecule has 3 nitrogen and oxygen atoms in total. The van der Waals surface area contributed by atoms with Crippen LogP contribution in [0.2, 0.25) is 0 Å². The summed E-state index contributed by atoms with van der Waals surface area (Å²) in [7, 11) is 0. The molecule has 0 aliphatic rings. The second-order valence-electron chi connectivity index (χ2n) is 4.20. The van der Waals surface area contributed by atoms with Gasteiger partial charge in [0.15, 0.2) is 0 Å². The average Bonchev–Trinajstić information content (AvgIpc) is 2.33. The molecule has 0 radical (unpaired) electrons. The van der Waals surface area contributed by atoms with Gasteiger partial charge in [0.25, 0.3) is 0 Å². The molecule has 3 heteroatoms. The van der Waals surface area contributed by atoms with Crippen LogP contribution in [-0.2, 0) is 6.42 Å². The van der Waals surface area contributed by atoms with Gasteiger partial charge in [0.05, 0.1) is 6.61 Å². The van der Waals surface area contributed by atoms with E-state index in [2.05, 4.69) is 38.2 Å². The van der Waals surface area contributed by atoms with Gasteiger partial charge in [-0.2, -0.15) is 0 Å². The van der Waals surface area contributed by atoms with E-state index in [9.17, 15) is 0 Å². The van der Waals surface area contributed by atoms with Gasteiger partial charge in [-0.15, -0.1) is 0 Å². The zero-order valence-electron chi connectivity index (χ0n) is 11.0. The summed E-state index contributed by atoms with van der Waals surface area (Å²) < 4.78 is 5.69. The predicted molar refractivity (Wildman–Crippen MR) is 70.7 cm³/mol. The van der Waals surface area contributed by atoms with Crippen molar-refractivity contribution in [3.8, 4) is 5.75 Å². The number of nitrogens with one attached hydrogen (secondary N) is 1. The molecule has 0 aliphatic carbocycles. The Balaban J connectivity index is 2.51. The Labute approximate surface area is 104 Å². The van der Waals surface area contributed by atoms with Crippen LogP contribution in [0.5, 0.6) is 5.75 Å². The number of aliphatic hydroxyl groups is 1. The van der Waals surface area contributed by atoms with E-state index in [1.54, 1.807) is 0 Å². The van der Waals surface area contributed by atoms with Gasteiger partial charge in [-0.1, -0.05) is 6.92 Å². The van der Waals surface area contributed by atoms with Crippen LogP contribution in [-0.4, -0.2) is 31.4 Å². The lowest BCUT2D eigenvalue weighted by atomic mass is 10.0. The van der Waals surface area contributed by atoms with Crippen LogP contribution in [0.3, 0.4) is 0 Å². The summed E-state index contributed by atoms with van der Waals surface area (Å²) in [6.07, 6.45) is 1.03. The Kier molecular flexibility index (Phi) is 6.01. The summed E-state index contributed by atoms with van der Waals surface area (Å²) in [6, 6.07) is 4.20. The minimum atomic E-state index is 0.170. The number of ether oxygens (including phenoxy) is 1. The van der Waals surface area contributed by atoms with Gasteiger partial charge in [-0.3, -0.25) is 0 Å². The Bertz CT molecular complexity index is 350. The highest BCUT2D eigenvalue weighted by Crippen LogP contribution is 2.21. The number of aryl methyl sites for hydroxylation is 2. The lowest BCUT2D eigenvalue weighted by Crippen LogP contribution is -2.24. The summed E-state index contributed by atoms with van der Waals surface area (Å²) in [4.78, 5) is 0. The van der Waals surface area contributed by atoms with Crippen molar-refractivity contribution < 1.29 is 9.84 Å². The van der Waals surface area contributed by atoms with Crippen molar-refractivity contribution in [2.75, 3.05) is 26.3 Å². The summed E-state index contributed by atoms with van der Waals surface area (Å²) in [5.74, 6) is 0.941. The molecule has 2 N–H and O–H groups in total. The van der Waals surface area contributed by atoms with E-state index in [0.717, 1.165) is 18.7 Å².